The summed E-state index contributed by atoms with van der Waals surface area (Å²) in [7, 11) is 0.0667. The van der Waals surface area contributed by atoms with E-state index in [1.54, 1.807) is 47.5 Å². The van der Waals surface area contributed by atoms with Crippen molar-refractivity contribution >= 4 is 15.8 Å². The summed E-state index contributed by atoms with van der Waals surface area (Å²) in [5, 5.41) is 4.11. The Morgan fingerprint density at radius 1 is 1.12 bits per heavy atom. The van der Waals surface area contributed by atoms with Crippen LogP contribution in [0.15, 0.2) is 59.9 Å². The Bertz CT molecular complexity index is 937. The maximum atomic E-state index is 12.4. The van der Waals surface area contributed by atoms with Crippen LogP contribution in [-0.2, 0) is 16.6 Å². The van der Waals surface area contributed by atoms with Crippen LogP contribution < -0.4 is 9.62 Å². The van der Waals surface area contributed by atoms with Gasteiger partial charge in [-0.3, -0.25) is 0 Å². The van der Waals surface area contributed by atoms with Gasteiger partial charge in [-0.25, -0.2) is 27.8 Å². The van der Waals surface area contributed by atoms with Crippen molar-refractivity contribution in [2.45, 2.75) is 11.4 Å². The van der Waals surface area contributed by atoms with Gasteiger partial charge >= 0.3 is 0 Å². The Kier molecular flexibility index (Phi) is 4.77. The summed E-state index contributed by atoms with van der Waals surface area (Å²) in [4.78, 5) is 10.4. The number of aromatic nitrogens is 4. The fraction of sp³-hybridized carbons (Fsp3) is 0.188. The van der Waals surface area contributed by atoms with Crippen LogP contribution in [0, 0.1) is 0 Å². The molecule has 0 atom stereocenters. The van der Waals surface area contributed by atoms with Gasteiger partial charge in [-0.1, -0.05) is 0 Å². The van der Waals surface area contributed by atoms with Gasteiger partial charge in [0.25, 0.3) is 0 Å². The van der Waals surface area contributed by atoms with Crippen LogP contribution in [0.2, 0.25) is 0 Å². The zero-order chi connectivity index (χ0) is 17.9. The molecule has 3 rings (SSSR count). The van der Waals surface area contributed by atoms with Gasteiger partial charge in [0.2, 0.25) is 10.0 Å². The van der Waals surface area contributed by atoms with Gasteiger partial charge in [-0.2, -0.15) is 5.10 Å². The highest BCUT2D eigenvalue weighted by Crippen LogP contribution is 2.13. The lowest BCUT2D eigenvalue weighted by Gasteiger charge is -2.12. The molecule has 3 aromatic rings. The van der Waals surface area contributed by atoms with Gasteiger partial charge in [-0.15, -0.1) is 0 Å². The SMILES string of the molecule is CN(C)c1ccnc(CNS(=O)(=O)c2ccc(-n3cccn3)cc2)n1. The van der Waals surface area contributed by atoms with E-state index >= 15 is 0 Å². The van der Waals surface area contributed by atoms with Crippen molar-refractivity contribution in [3.05, 3.63) is 60.8 Å². The van der Waals surface area contributed by atoms with E-state index in [0.29, 0.717) is 11.6 Å². The van der Waals surface area contributed by atoms with E-state index < -0.39 is 10.0 Å². The topological polar surface area (TPSA) is 93.0 Å². The van der Waals surface area contributed by atoms with Crippen LogP contribution in [0.3, 0.4) is 0 Å². The number of nitrogens with one attached hydrogen (secondary N) is 1. The van der Waals surface area contributed by atoms with E-state index in [9.17, 15) is 8.42 Å². The molecule has 25 heavy (non-hydrogen) atoms. The predicted octanol–water partition coefficient (Wildman–Crippen LogP) is 1.21. The van der Waals surface area contributed by atoms with Crippen LogP contribution in [0.1, 0.15) is 5.82 Å². The fourth-order valence-electron chi connectivity index (χ4n) is 2.17. The highest BCUT2D eigenvalue weighted by Gasteiger charge is 2.15. The second-order valence-electron chi connectivity index (χ2n) is 5.49. The molecule has 2 heterocycles. The first kappa shape index (κ1) is 17.1. The molecule has 0 aliphatic rings. The molecule has 0 spiro atoms. The van der Waals surface area contributed by atoms with E-state index in [2.05, 4.69) is 19.8 Å². The average Bonchev–Trinajstić information content (AvgIpc) is 3.15. The molecule has 0 amide bonds. The van der Waals surface area contributed by atoms with E-state index in [4.69, 9.17) is 0 Å². The molecule has 0 saturated carbocycles. The van der Waals surface area contributed by atoms with E-state index in [-0.39, 0.29) is 11.4 Å². The van der Waals surface area contributed by atoms with Gasteiger partial charge in [0.05, 0.1) is 17.1 Å². The molecule has 0 bridgehead atoms. The lowest BCUT2D eigenvalue weighted by molar-refractivity contribution is 0.579. The molecule has 1 N–H and O–H groups in total. The Labute approximate surface area is 146 Å². The van der Waals surface area contributed by atoms with Gasteiger partial charge < -0.3 is 4.90 Å². The number of rotatable bonds is 6. The highest BCUT2D eigenvalue weighted by molar-refractivity contribution is 7.89. The molecular weight excluding hydrogens is 340 g/mol. The molecule has 0 saturated heterocycles. The Balaban J connectivity index is 1.72. The van der Waals surface area contributed by atoms with Crippen molar-refractivity contribution in [3.63, 3.8) is 0 Å². The summed E-state index contributed by atoms with van der Waals surface area (Å²) < 4.78 is 29.0. The minimum absolute atomic E-state index is 0.0188. The third kappa shape index (κ3) is 4.01. The first-order valence-corrected chi connectivity index (χ1v) is 9.03. The number of sulfonamides is 1. The largest absolute Gasteiger partial charge is 0.363 e. The van der Waals surface area contributed by atoms with Gasteiger partial charge in [0, 0.05) is 32.7 Å². The zero-order valence-electron chi connectivity index (χ0n) is 13.9. The van der Waals surface area contributed by atoms with Crippen molar-refractivity contribution in [2.24, 2.45) is 0 Å². The van der Waals surface area contributed by atoms with E-state index in [1.807, 2.05) is 19.0 Å². The fourth-order valence-corrected chi connectivity index (χ4v) is 3.15. The number of hydrogen-bond acceptors (Lipinski definition) is 6. The molecule has 1 aromatic carbocycles. The van der Waals surface area contributed by atoms with Crippen LogP contribution in [0.4, 0.5) is 5.82 Å². The quantitative estimate of drug-likeness (QED) is 0.712. The number of nitrogens with zero attached hydrogens (tertiary/aromatic N) is 5. The summed E-state index contributed by atoms with van der Waals surface area (Å²) in [6, 6.07) is 10.0. The zero-order valence-corrected chi connectivity index (χ0v) is 14.7. The molecule has 0 aliphatic carbocycles. The summed E-state index contributed by atoms with van der Waals surface area (Å²) in [5.41, 5.74) is 0.783. The van der Waals surface area contributed by atoms with Crippen LogP contribution in [0.5, 0.6) is 0 Å². The lowest BCUT2D eigenvalue weighted by Crippen LogP contribution is -2.24. The van der Waals surface area contributed by atoms with Gasteiger partial charge in [0.1, 0.15) is 11.6 Å². The highest BCUT2D eigenvalue weighted by atomic mass is 32.2. The predicted molar refractivity (Wildman–Crippen MR) is 93.9 cm³/mol. The Morgan fingerprint density at radius 2 is 1.88 bits per heavy atom. The maximum absolute atomic E-state index is 12.4. The second-order valence-corrected chi connectivity index (χ2v) is 7.26. The number of hydrogen-bond donors (Lipinski definition) is 1. The number of benzene rings is 1. The molecule has 0 fully saturated rings. The molecule has 2 aromatic heterocycles. The normalized spacial score (nSPS) is 11.4. The lowest BCUT2D eigenvalue weighted by atomic mass is 10.3. The molecule has 0 radical (unpaired) electrons. The van der Waals surface area contributed by atoms with Gasteiger partial charge in [-0.05, 0) is 36.4 Å². The minimum Gasteiger partial charge on any atom is -0.363 e. The third-order valence-electron chi connectivity index (χ3n) is 3.49. The standard InChI is InChI=1S/C16H18N6O2S/c1-21(2)16-8-10-17-15(20-16)12-19-25(23,24)14-6-4-13(5-7-14)22-11-3-9-18-22/h3-11,19H,12H2,1-2H3. The van der Waals surface area contributed by atoms with Gasteiger partial charge in [0.15, 0.2) is 0 Å². The van der Waals surface area contributed by atoms with Crippen LogP contribution >= 0.6 is 0 Å². The van der Waals surface area contributed by atoms with E-state index in [0.717, 1.165) is 5.69 Å². The van der Waals surface area contributed by atoms with Crippen LogP contribution in [-0.4, -0.2) is 42.3 Å². The molecule has 130 valence electrons. The Morgan fingerprint density at radius 3 is 2.52 bits per heavy atom. The summed E-state index contributed by atoms with van der Waals surface area (Å²) in [6.07, 6.45) is 5.05. The maximum Gasteiger partial charge on any atom is 0.240 e. The summed E-state index contributed by atoms with van der Waals surface area (Å²) in [6.45, 7) is 0.0188. The van der Waals surface area contributed by atoms with Crippen molar-refractivity contribution in [1.82, 2.24) is 24.5 Å². The molecule has 8 nitrogen and oxygen atoms in total. The summed E-state index contributed by atoms with van der Waals surface area (Å²) >= 11 is 0. The van der Waals surface area contributed by atoms with E-state index in [1.165, 1.54) is 12.1 Å². The Hall–Kier alpha value is -2.78. The van der Waals surface area contributed by atoms with Crippen molar-refractivity contribution in [1.29, 1.82) is 0 Å². The first-order valence-electron chi connectivity index (χ1n) is 7.55. The average molecular weight is 358 g/mol. The second kappa shape index (κ2) is 6.99. The van der Waals surface area contributed by atoms with Crippen LogP contribution in [0.25, 0.3) is 5.69 Å². The molecule has 0 aliphatic heterocycles. The van der Waals surface area contributed by atoms with Crippen molar-refractivity contribution in [3.8, 4) is 5.69 Å². The summed E-state index contributed by atoms with van der Waals surface area (Å²) in [5.74, 6) is 1.12. The van der Waals surface area contributed by atoms with Crippen molar-refractivity contribution < 1.29 is 8.42 Å². The molecule has 9 heteroatoms. The van der Waals surface area contributed by atoms with Crippen molar-refractivity contribution in [2.75, 3.05) is 19.0 Å². The molecular formula is C16H18N6O2S. The molecule has 0 unspecified atom stereocenters. The third-order valence-corrected chi connectivity index (χ3v) is 4.90. The monoisotopic (exact) mass is 358 g/mol. The minimum atomic E-state index is -3.65. The number of anilines is 1. The smallest absolute Gasteiger partial charge is 0.240 e. The first-order chi connectivity index (χ1) is 12.0.